The monoisotopic (exact) mass is 250 g/mol. The Morgan fingerprint density at radius 1 is 1.00 bits per heavy atom. The minimum Gasteiger partial charge on any atom is -0.457 e. The maximum absolute atomic E-state index is 13.0. The maximum Gasteiger partial charge on any atom is 0.162 e. The van der Waals surface area contributed by atoms with Crippen molar-refractivity contribution in [3.05, 3.63) is 59.2 Å². The summed E-state index contributed by atoms with van der Waals surface area (Å²) >= 11 is 0. The van der Waals surface area contributed by atoms with Crippen LogP contribution in [0.1, 0.15) is 11.1 Å². The summed E-state index contributed by atoms with van der Waals surface area (Å²) in [5, 5.41) is 9.03. The van der Waals surface area contributed by atoms with Crippen molar-refractivity contribution in [3.8, 4) is 11.5 Å². The van der Waals surface area contributed by atoms with E-state index in [-0.39, 0.29) is 12.4 Å². The Morgan fingerprint density at radius 2 is 1.67 bits per heavy atom. The van der Waals surface area contributed by atoms with Gasteiger partial charge in [-0.3, -0.25) is 0 Å². The standard InChI is InChI=1S/C14H12F2O2/c1-9-6-11(3-2-10(9)8-17)18-12-4-5-13(15)14(16)7-12/h2-7,17H,8H2,1H3. The average Bonchev–Trinajstić information content (AvgIpc) is 2.34. The van der Waals surface area contributed by atoms with Gasteiger partial charge in [0.2, 0.25) is 0 Å². The molecule has 2 nitrogen and oxygen atoms in total. The van der Waals surface area contributed by atoms with Crippen LogP contribution in [0.5, 0.6) is 11.5 Å². The van der Waals surface area contributed by atoms with E-state index in [1.165, 1.54) is 6.07 Å². The van der Waals surface area contributed by atoms with E-state index < -0.39 is 11.6 Å². The van der Waals surface area contributed by atoms with Crippen LogP contribution < -0.4 is 4.74 Å². The molecular formula is C14H12F2O2. The first-order valence-corrected chi connectivity index (χ1v) is 5.43. The first-order chi connectivity index (χ1) is 8.60. The lowest BCUT2D eigenvalue weighted by atomic mass is 10.1. The van der Waals surface area contributed by atoms with Crippen molar-refractivity contribution in [2.75, 3.05) is 0 Å². The lowest BCUT2D eigenvalue weighted by Crippen LogP contribution is -1.91. The van der Waals surface area contributed by atoms with Crippen molar-refractivity contribution < 1.29 is 18.6 Å². The second kappa shape index (κ2) is 5.14. The van der Waals surface area contributed by atoms with E-state index in [2.05, 4.69) is 0 Å². The van der Waals surface area contributed by atoms with E-state index >= 15 is 0 Å². The van der Waals surface area contributed by atoms with Crippen molar-refractivity contribution in [2.45, 2.75) is 13.5 Å². The number of benzene rings is 2. The zero-order valence-corrected chi connectivity index (χ0v) is 9.78. The van der Waals surface area contributed by atoms with Gasteiger partial charge in [0.25, 0.3) is 0 Å². The lowest BCUT2D eigenvalue weighted by molar-refractivity contribution is 0.281. The van der Waals surface area contributed by atoms with Crippen molar-refractivity contribution in [1.29, 1.82) is 0 Å². The fraction of sp³-hybridized carbons (Fsp3) is 0.143. The van der Waals surface area contributed by atoms with Gasteiger partial charge in [-0.2, -0.15) is 0 Å². The lowest BCUT2D eigenvalue weighted by Gasteiger charge is -2.08. The second-order valence-electron chi connectivity index (χ2n) is 3.92. The third-order valence-corrected chi connectivity index (χ3v) is 2.61. The van der Waals surface area contributed by atoms with Gasteiger partial charge in [-0.15, -0.1) is 0 Å². The number of hydrogen-bond acceptors (Lipinski definition) is 2. The molecule has 2 aromatic rings. The SMILES string of the molecule is Cc1cc(Oc2ccc(F)c(F)c2)ccc1CO. The van der Waals surface area contributed by atoms with Crippen LogP contribution in [0.25, 0.3) is 0 Å². The molecule has 0 spiro atoms. The fourth-order valence-electron chi connectivity index (χ4n) is 1.59. The molecule has 0 heterocycles. The number of hydrogen-bond donors (Lipinski definition) is 1. The molecule has 0 atom stereocenters. The fourth-order valence-corrected chi connectivity index (χ4v) is 1.59. The van der Waals surface area contributed by atoms with Gasteiger partial charge in [-0.05, 0) is 42.3 Å². The predicted molar refractivity (Wildman–Crippen MR) is 63.5 cm³/mol. The molecular weight excluding hydrogens is 238 g/mol. The van der Waals surface area contributed by atoms with Crippen LogP contribution in [0.15, 0.2) is 36.4 Å². The zero-order chi connectivity index (χ0) is 13.1. The molecule has 4 heteroatoms. The highest BCUT2D eigenvalue weighted by atomic mass is 19.2. The van der Waals surface area contributed by atoms with Gasteiger partial charge in [-0.1, -0.05) is 6.07 Å². The summed E-state index contributed by atoms with van der Waals surface area (Å²) in [7, 11) is 0. The van der Waals surface area contributed by atoms with Crippen LogP contribution in [0.2, 0.25) is 0 Å². The molecule has 0 aliphatic carbocycles. The molecule has 18 heavy (non-hydrogen) atoms. The van der Waals surface area contributed by atoms with E-state index in [1.54, 1.807) is 18.2 Å². The second-order valence-corrected chi connectivity index (χ2v) is 3.92. The van der Waals surface area contributed by atoms with Crippen LogP contribution in [0.3, 0.4) is 0 Å². The Balaban J connectivity index is 2.23. The highest BCUT2D eigenvalue weighted by Gasteiger charge is 2.05. The van der Waals surface area contributed by atoms with Gasteiger partial charge in [0.05, 0.1) is 6.61 Å². The van der Waals surface area contributed by atoms with Gasteiger partial charge in [0, 0.05) is 6.07 Å². The molecule has 0 saturated heterocycles. The maximum atomic E-state index is 13.0. The first-order valence-electron chi connectivity index (χ1n) is 5.43. The number of rotatable bonds is 3. The van der Waals surface area contributed by atoms with Gasteiger partial charge >= 0.3 is 0 Å². The van der Waals surface area contributed by atoms with Crippen molar-refractivity contribution in [3.63, 3.8) is 0 Å². The molecule has 0 amide bonds. The van der Waals surface area contributed by atoms with Crippen molar-refractivity contribution >= 4 is 0 Å². The minimum absolute atomic E-state index is 0.0444. The van der Waals surface area contributed by atoms with Crippen LogP contribution >= 0.6 is 0 Å². The summed E-state index contributed by atoms with van der Waals surface area (Å²) in [4.78, 5) is 0. The molecule has 0 unspecified atom stereocenters. The van der Waals surface area contributed by atoms with Gasteiger partial charge in [-0.25, -0.2) is 8.78 Å². The Labute approximate surface area is 103 Å². The van der Waals surface area contributed by atoms with Gasteiger partial charge in [0.15, 0.2) is 11.6 Å². The van der Waals surface area contributed by atoms with Gasteiger partial charge < -0.3 is 9.84 Å². The van der Waals surface area contributed by atoms with E-state index in [4.69, 9.17) is 9.84 Å². The van der Waals surface area contributed by atoms with Crippen LogP contribution in [-0.4, -0.2) is 5.11 Å². The molecule has 94 valence electrons. The number of aliphatic hydroxyl groups is 1. The summed E-state index contributed by atoms with van der Waals surface area (Å²) < 4.78 is 31.1. The summed E-state index contributed by atoms with van der Waals surface area (Å²) in [6.07, 6.45) is 0. The van der Waals surface area contributed by atoms with Crippen molar-refractivity contribution in [2.24, 2.45) is 0 Å². The van der Waals surface area contributed by atoms with E-state index in [9.17, 15) is 8.78 Å². The Bertz CT molecular complexity index is 568. The Morgan fingerprint density at radius 3 is 2.28 bits per heavy atom. The quantitative estimate of drug-likeness (QED) is 0.902. The summed E-state index contributed by atoms with van der Waals surface area (Å²) in [6, 6.07) is 8.48. The highest BCUT2D eigenvalue weighted by Crippen LogP contribution is 2.25. The molecule has 1 N–H and O–H groups in total. The molecule has 0 radical (unpaired) electrons. The minimum atomic E-state index is -0.948. The summed E-state index contributed by atoms with van der Waals surface area (Å²) in [6.45, 7) is 1.79. The van der Waals surface area contributed by atoms with E-state index in [0.717, 1.165) is 23.3 Å². The number of aryl methyl sites for hydroxylation is 1. The molecule has 0 aliphatic heterocycles. The van der Waals surface area contributed by atoms with Crippen LogP contribution in [-0.2, 0) is 6.61 Å². The smallest absolute Gasteiger partial charge is 0.162 e. The molecule has 0 saturated carbocycles. The number of halogens is 2. The predicted octanol–water partition coefficient (Wildman–Crippen LogP) is 3.56. The molecule has 2 rings (SSSR count). The van der Waals surface area contributed by atoms with E-state index in [0.29, 0.717) is 5.75 Å². The molecule has 0 aromatic heterocycles. The Hall–Kier alpha value is -1.94. The zero-order valence-electron chi connectivity index (χ0n) is 9.78. The topological polar surface area (TPSA) is 29.5 Å². The molecule has 0 fully saturated rings. The molecule has 2 aromatic carbocycles. The van der Waals surface area contributed by atoms with Gasteiger partial charge in [0.1, 0.15) is 11.5 Å². The van der Waals surface area contributed by atoms with E-state index in [1.807, 2.05) is 6.92 Å². The number of ether oxygens (including phenoxy) is 1. The summed E-state index contributed by atoms with van der Waals surface area (Å²) in [5.41, 5.74) is 1.67. The summed E-state index contributed by atoms with van der Waals surface area (Å²) in [5.74, 6) is -1.12. The third-order valence-electron chi connectivity index (χ3n) is 2.61. The Kier molecular flexibility index (Phi) is 3.58. The molecule has 0 aliphatic rings. The van der Waals surface area contributed by atoms with Crippen LogP contribution in [0, 0.1) is 18.6 Å². The highest BCUT2D eigenvalue weighted by molar-refractivity contribution is 5.37. The van der Waals surface area contributed by atoms with Crippen LogP contribution in [0.4, 0.5) is 8.78 Å². The largest absolute Gasteiger partial charge is 0.457 e. The molecule has 0 bridgehead atoms. The average molecular weight is 250 g/mol. The number of aliphatic hydroxyl groups excluding tert-OH is 1. The normalized spacial score (nSPS) is 10.4. The third kappa shape index (κ3) is 2.65. The first kappa shape index (κ1) is 12.5. The van der Waals surface area contributed by atoms with Crippen molar-refractivity contribution in [1.82, 2.24) is 0 Å².